The maximum atomic E-state index is 5.94. The second kappa shape index (κ2) is 13.6. The number of unbranched alkanes of at least 4 members (excludes halogenated alkanes) is 9. The Morgan fingerprint density at radius 2 is 1.19 bits per heavy atom. The Hall–Kier alpha value is 0.580. The first-order valence-electron chi connectivity index (χ1n) is 7.01. The van der Waals surface area contributed by atoms with Crippen LogP contribution in [0, 0.1) is 0 Å². The fourth-order valence-electron chi connectivity index (χ4n) is 1.93. The van der Waals surface area contributed by atoms with E-state index in [1.165, 1.54) is 64.2 Å². The number of halogens is 2. The largest absolute Gasteiger partial charge is 0.125 e. The molecule has 0 N–H and O–H groups in total. The number of hydrogen-bond donors (Lipinski definition) is 0. The van der Waals surface area contributed by atoms with Crippen molar-refractivity contribution in [3.05, 3.63) is 0 Å². The van der Waals surface area contributed by atoms with Crippen LogP contribution in [0.15, 0.2) is 0 Å². The quantitative estimate of drug-likeness (QED) is 0.294. The summed E-state index contributed by atoms with van der Waals surface area (Å²) in [4.78, 5) is 0. The van der Waals surface area contributed by atoms with Crippen LogP contribution < -0.4 is 0 Å². The summed E-state index contributed by atoms with van der Waals surface area (Å²) in [5.74, 6) is 0.596. The molecule has 0 saturated heterocycles. The van der Waals surface area contributed by atoms with Gasteiger partial charge in [0.15, 0.2) is 0 Å². The van der Waals surface area contributed by atoms with Gasteiger partial charge in [-0.2, -0.15) is 0 Å². The van der Waals surface area contributed by atoms with Gasteiger partial charge in [-0.05, 0) is 6.42 Å². The van der Waals surface area contributed by atoms with Crippen molar-refractivity contribution in [1.82, 2.24) is 0 Å². The zero-order valence-corrected chi connectivity index (χ0v) is 12.3. The van der Waals surface area contributed by atoms with E-state index < -0.39 is 0 Å². The smallest absolute Gasteiger partial charge is 0.0471 e. The Labute approximate surface area is 112 Å². The lowest BCUT2D eigenvalue weighted by atomic mass is 10.1. The van der Waals surface area contributed by atoms with Crippen molar-refractivity contribution in [2.45, 2.75) is 82.9 Å². The molecule has 1 atom stereocenters. The highest BCUT2D eigenvalue weighted by Gasteiger charge is 2.01. The molecule has 0 rings (SSSR count). The zero-order valence-electron chi connectivity index (χ0n) is 10.8. The highest BCUT2D eigenvalue weighted by atomic mass is 35.5. The Bertz CT molecular complexity index is 126. The molecule has 0 nitrogen and oxygen atoms in total. The average Bonchev–Trinajstić information content (AvgIpc) is 2.31. The molecule has 0 aromatic heterocycles. The van der Waals surface area contributed by atoms with Crippen molar-refractivity contribution in [3.8, 4) is 0 Å². The van der Waals surface area contributed by atoms with Crippen LogP contribution in [0.3, 0.4) is 0 Å². The molecule has 0 bridgehead atoms. The molecule has 1 unspecified atom stereocenters. The summed E-state index contributed by atoms with van der Waals surface area (Å²) in [6.07, 6.45) is 14.9. The summed E-state index contributed by atoms with van der Waals surface area (Å²) in [5.41, 5.74) is 0. The summed E-state index contributed by atoms with van der Waals surface area (Å²) in [6, 6.07) is 0. The molecule has 0 radical (unpaired) electrons. The van der Waals surface area contributed by atoms with Crippen LogP contribution in [0.2, 0.25) is 0 Å². The molecule has 0 aromatic carbocycles. The normalized spacial score (nSPS) is 12.9. The highest BCUT2D eigenvalue weighted by Crippen LogP contribution is 2.14. The van der Waals surface area contributed by atoms with Crippen LogP contribution >= 0.6 is 23.2 Å². The first-order valence-corrected chi connectivity index (χ1v) is 7.98. The molecule has 0 aromatic rings. The second-order valence-electron chi connectivity index (χ2n) is 4.72. The van der Waals surface area contributed by atoms with Crippen molar-refractivity contribution in [2.24, 2.45) is 0 Å². The van der Waals surface area contributed by atoms with Gasteiger partial charge in [0.1, 0.15) is 0 Å². The maximum Gasteiger partial charge on any atom is 0.0471 e. The Balaban J connectivity index is 2.93. The summed E-state index contributed by atoms with van der Waals surface area (Å²) >= 11 is 11.6. The lowest BCUT2D eigenvalue weighted by Crippen LogP contribution is -1.99. The molecule has 0 saturated carbocycles. The topological polar surface area (TPSA) is 0 Å². The average molecular weight is 267 g/mol. The molecule has 0 spiro atoms. The molecular weight excluding hydrogens is 239 g/mol. The van der Waals surface area contributed by atoms with E-state index >= 15 is 0 Å². The first-order chi connectivity index (χ1) is 7.81. The fraction of sp³-hybridized carbons (Fsp3) is 1.00. The molecule has 0 fully saturated rings. The van der Waals surface area contributed by atoms with Gasteiger partial charge in [-0.15, -0.1) is 23.2 Å². The lowest BCUT2D eigenvalue weighted by molar-refractivity contribution is 0.549. The van der Waals surface area contributed by atoms with Crippen LogP contribution in [-0.2, 0) is 0 Å². The summed E-state index contributed by atoms with van der Waals surface area (Å²) in [5, 5.41) is 0.190. The van der Waals surface area contributed by atoms with Gasteiger partial charge in [0.2, 0.25) is 0 Å². The van der Waals surface area contributed by atoms with Gasteiger partial charge in [0, 0.05) is 11.3 Å². The van der Waals surface area contributed by atoms with Gasteiger partial charge in [0.25, 0.3) is 0 Å². The van der Waals surface area contributed by atoms with E-state index in [0.717, 1.165) is 6.42 Å². The van der Waals surface area contributed by atoms with Crippen LogP contribution in [0.25, 0.3) is 0 Å². The van der Waals surface area contributed by atoms with Gasteiger partial charge in [0.05, 0.1) is 0 Å². The second-order valence-corrected chi connectivity index (χ2v) is 5.65. The van der Waals surface area contributed by atoms with E-state index in [9.17, 15) is 0 Å². The number of rotatable bonds is 12. The van der Waals surface area contributed by atoms with Crippen LogP contribution in [0.1, 0.15) is 77.6 Å². The molecule has 16 heavy (non-hydrogen) atoms. The lowest BCUT2D eigenvalue weighted by Gasteiger charge is -2.05. The zero-order chi connectivity index (χ0) is 12.1. The van der Waals surface area contributed by atoms with Crippen LogP contribution in [0.4, 0.5) is 0 Å². The maximum absolute atomic E-state index is 5.94. The third-order valence-corrected chi connectivity index (χ3v) is 3.94. The van der Waals surface area contributed by atoms with E-state index in [0.29, 0.717) is 5.88 Å². The first kappa shape index (κ1) is 16.6. The molecule has 0 heterocycles. The molecule has 0 aliphatic heterocycles. The summed E-state index contributed by atoms with van der Waals surface area (Å²) in [7, 11) is 0. The summed E-state index contributed by atoms with van der Waals surface area (Å²) < 4.78 is 0. The van der Waals surface area contributed by atoms with E-state index in [4.69, 9.17) is 23.2 Å². The van der Waals surface area contributed by atoms with Gasteiger partial charge in [-0.3, -0.25) is 0 Å². The Morgan fingerprint density at radius 1 is 0.750 bits per heavy atom. The van der Waals surface area contributed by atoms with Crippen molar-refractivity contribution in [3.63, 3.8) is 0 Å². The summed E-state index contributed by atoms with van der Waals surface area (Å²) in [6.45, 7) is 2.27. The highest BCUT2D eigenvalue weighted by molar-refractivity contribution is 6.28. The Morgan fingerprint density at radius 3 is 1.62 bits per heavy atom. The minimum absolute atomic E-state index is 0.190. The van der Waals surface area contributed by atoms with Crippen LogP contribution in [-0.4, -0.2) is 11.3 Å². The molecule has 0 aliphatic carbocycles. The molecular formula is C14H28Cl2. The fourth-order valence-corrected chi connectivity index (χ4v) is 2.24. The monoisotopic (exact) mass is 266 g/mol. The standard InChI is InChI=1S/C14H28Cl2/c1-2-3-4-5-6-7-8-9-10-11-12-14(16)13-15/h14H,2-13H2,1H3. The number of alkyl halides is 2. The molecule has 0 aliphatic rings. The Kier molecular flexibility index (Phi) is 14.1. The minimum Gasteiger partial charge on any atom is -0.125 e. The van der Waals surface area contributed by atoms with E-state index in [1.54, 1.807) is 0 Å². The van der Waals surface area contributed by atoms with Crippen molar-refractivity contribution >= 4 is 23.2 Å². The SMILES string of the molecule is CCCCCCCCCCCCC(Cl)CCl. The predicted octanol–water partition coefficient (Wildman–Crippen LogP) is 6.14. The minimum atomic E-state index is 0.190. The molecule has 98 valence electrons. The third-order valence-electron chi connectivity index (χ3n) is 3.04. The van der Waals surface area contributed by atoms with Gasteiger partial charge in [-0.1, -0.05) is 71.1 Å². The predicted molar refractivity (Wildman–Crippen MR) is 76.8 cm³/mol. The van der Waals surface area contributed by atoms with E-state index in [2.05, 4.69) is 6.92 Å². The van der Waals surface area contributed by atoms with Crippen molar-refractivity contribution in [1.29, 1.82) is 0 Å². The van der Waals surface area contributed by atoms with Gasteiger partial charge >= 0.3 is 0 Å². The van der Waals surface area contributed by atoms with Crippen molar-refractivity contribution in [2.75, 3.05) is 5.88 Å². The van der Waals surface area contributed by atoms with E-state index in [-0.39, 0.29) is 5.38 Å². The molecule has 0 amide bonds. The van der Waals surface area contributed by atoms with Gasteiger partial charge < -0.3 is 0 Å². The van der Waals surface area contributed by atoms with Crippen molar-refractivity contribution < 1.29 is 0 Å². The third kappa shape index (κ3) is 12.6. The number of hydrogen-bond acceptors (Lipinski definition) is 0. The van der Waals surface area contributed by atoms with Crippen LogP contribution in [0.5, 0.6) is 0 Å². The van der Waals surface area contributed by atoms with E-state index in [1.807, 2.05) is 0 Å². The van der Waals surface area contributed by atoms with Gasteiger partial charge in [-0.25, -0.2) is 0 Å². The molecule has 2 heteroatoms.